The Balaban J connectivity index is 1.10. The summed E-state index contributed by atoms with van der Waals surface area (Å²) in [5.41, 5.74) is 4.54. The zero-order valence-corrected chi connectivity index (χ0v) is 22.3. The number of likely N-dealkylation sites (tertiary alicyclic amines) is 1. The van der Waals surface area contributed by atoms with Crippen LogP contribution in [0.3, 0.4) is 0 Å². The Bertz CT molecular complexity index is 1460. The van der Waals surface area contributed by atoms with Gasteiger partial charge in [0.25, 0.3) is 0 Å². The molecular weight excluding hydrogens is 490 g/mol. The van der Waals surface area contributed by atoms with Gasteiger partial charge in [-0.1, -0.05) is 24.3 Å². The molecule has 1 unspecified atom stereocenters. The maximum Gasteiger partial charge on any atom is 0.219 e. The van der Waals surface area contributed by atoms with Gasteiger partial charge in [0.1, 0.15) is 11.5 Å². The van der Waals surface area contributed by atoms with E-state index in [0.717, 1.165) is 62.0 Å². The number of aliphatic hydroxyl groups is 1. The predicted molar refractivity (Wildman–Crippen MR) is 151 cm³/mol. The number of aliphatic hydroxyl groups excluding tert-OH is 1. The average molecular weight is 526 g/mol. The Morgan fingerprint density at radius 2 is 1.92 bits per heavy atom. The monoisotopic (exact) mass is 525 g/mol. The summed E-state index contributed by atoms with van der Waals surface area (Å²) in [5, 5.41) is 15.0. The molecule has 1 saturated heterocycles. The zero-order chi connectivity index (χ0) is 26.8. The van der Waals surface area contributed by atoms with Crippen LogP contribution >= 0.6 is 0 Å². The van der Waals surface area contributed by atoms with Crippen LogP contribution in [0.25, 0.3) is 22.4 Å². The van der Waals surface area contributed by atoms with Crippen molar-refractivity contribution in [1.82, 2.24) is 29.3 Å². The van der Waals surface area contributed by atoms with Crippen molar-refractivity contribution in [3.8, 4) is 11.4 Å². The molecule has 9 nitrogen and oxygen atoms in total. The second kappa shape index (κ2) is 11.1. The number of carbonyl (C=O) groups excluding carboxylic acids is 1. The van der Waals surface area contributed by atoms with Gasteiger partial charge in [-0.3, -0.25) is 9.69 Å². The van der Waals surface area contributed by atoms with Crippen LogP contribution in [0.2, 0.25) is 0 Å². The molecule has 0 spiro atoms. The van der Waals surface area contributed by atoms with Crippen LogP contribution in [0.4, 0.5) is 5.82 Å². The van der Waals surface area contributed by atoms with Crippen molar-refractivity contribution in [3.63, 3.8) is 0 Å². The first-order chi connectivity index (χ1) is 19.0. The van der Waals surface area contributed by atoms with E-state index in [0.29, 0.717) is 30.8 Å². The highest BCUT2D eigenvalue weighted by Crippen LogP contribution is 2.28. The number of benzene rings is 1. The molecule has 1 fully saturated rings. The van der Waals surface area contributed by atoms with E-state index in [1.54, 1.807) is 13.1 Å². The van der Waals surface area contributed by atoms with Gasteiger partial charge in [0.15, 0.2) is 5.82 Å². The molecule has 202 valence electrons. The molecule has 1 atom stereocenters. The second-order valence-electron chi connectivity index (χ2n) is 10.7. The van der Waals surface area contributed by atoms with Gasteiger partial charge in [0.05, 0.1) is 6.10 Å². The van der Waals surface area contributed by atoms with Crippen LogP contribution in [-0.2, 0) is 17.8 Å². The first-order valence-electron chi connectivity index (χ1n) is 13.8. The molecule has 2 aliphatic heterocycles. The maximum absolute atomic E-state index is 11.7. The minimum Gasteiger partial charge on any atom is -0.390 e. The minimum absolute atomic E-state index is 0.141. The van der Waals surface area contributed by atoms with Crippen LogP contribution in [0, 0.1) is 0 Å². The van der Waals surface area contributed by atoms with Crippen molar-refractivity contribution in [2.75, 3.05) is 38.0 Å². The number of hydrogen-bond acceptors (Lipinski definition) is 7. The number of pyridine rings is 1. The van der Waals surface area contributed by atoms with Crippen LogP contribution in [0.5, 0.6) is 0 Å². The fourth-order valence-electron chi connectivity index (χ4n) is 5.79. The summed E-state index contributed by atoms with van der Waals surface area (Å²) in [6.45, 7) is 6.04. The average Bonchev–Trinajstić information content (AvgIpc) is 3.39. The topological polar surface area (TPSA) is 99.4 Å². The maximum atomic E-state index is 11.7. The predicted octanol–water partition coefficient (Wildman–Crippen LogP) is 3.51. The fraction of sp³-hybridized carbons (Fsp3) is 0.400. The number of nitrogens with one attached hydrogen (secondary N) is 1. The van der Waals surface area contributed by atoms with Gasteiger partial charge in [-0.15, -0.1) is 0 Å². The Hall–Kier alpha value is -3.82. The van der Waals surface area contributed by atoms with Crippen molar-refractivity contribution in [2.45, 2.75) is 44.9 Å². The van der Waals surface area contributed by atoms with E-state index >= 15 is 0 Å². The molecule has 0 bridgehead atoms. The van der Waals surface area contributed by atoms with E-state index in [-0.39, 0.29) is 5.91 Å². The Labute approximate surface area is 228 Å². The number of piperidine rings is 1. The lowest BCUT2D eigenvalue weighted by Gasteiger charge is -2.32. The number of carbonyl (C=O) groups is 1. The molecule has 1 amide bonds. The highest BCUT2D eigenvalue weighted by Gasteiger charge is 2.23. The van der Waals surface area contributed by atoms with Gasteiger partial charge in [0, 0.05) is 81.8 Å². The van der Waals surface area contributed by atoms with Gasteiger partial charge in [-0.05, 0) is 48.6 Å². The number of rotatable bonds is 7. The van der Waals surface area contributed by atoms with E-state index in [1.807, 2.05) is 23.2 Å². The van der Waals surface area contributed by atoms with E-state index in [9.17, 15) is 9.90 Å². The minimum atomic E-state index is -0.508. The molecule has 2 N–H and O–H groups in total. The highest BCUT2D eigenvalue weighted by molar-refractivity contribution is 5.78. The summed E-state index contributed by atoms with van der Waals surface area (Å²) in [6, 6.07) is 14.8. The number of fused-ring (bicyclic) bond motifs is 2. The van der Waals surface area contributed by atoms with E-state index < -0.39 is 6.10 Å². The summed E-state index contributed by atoms with van der Waals surface area (Å²) in [5.74, 6) is 1.47. The number of nitrogens with zero attached hydrogens (tertiary/aromatic N) is 6. The number of amides is 1. The van der Waals surface area contributed by atoms with Gasteiger partial charge in [0.2, 0.25) is 5.91 Å². The van der Waals surface area contributed by atoms with E-state index in [1.165, 1.54) is 11.1 Å². The SMILES string of the molecule is CC(=O)N1CCC(n2ccc3cnc(-c4ccnc(NCC(O)CN5CCc6ccccc6C5)c4)nc32)CC1. The summed E-state index contributed by atoms with van der Waals surface area (Å²) >= 11 is 0. The summed E-state index contributed by atoms with van der Waals surface area (Å²) in [6.07, 6.45) is 8.04. The zero-order valence-electron chi connectivity index (χ0n) is 22.3. The molecule has 4 aromatic rings. The molecule has 5 heterocycles. The standard InChI is InChI=1S/C30H35N7O2/c1-21(38)36-13-9-26(10-14-36)37-15-8-24-17-33-29(34-30(24)37)23-6-11-31-28(16-23)32-18-27(39)20-35-12-7-22-4-2-3-5-25(22)19-35/h2-6,8,11,15-17,26-27,39H,7,9-10,12-14,18-20H2,1H3,(H,31,32). The lowest BCUT2D eigenvalue weighted by Crippen LogP contribution is -2.39. The quantitative estimate of drug-likeness (QED) is 0.381. The van der Waals surface area contributed by atoms with Crippen LogP contribution < -0.4 is 5.32 Å². The summed E-state index contributed by atoms with van der Waals surface area (Å²) < 4.78 is 2.23. The van der Waals surface area contributed by atoms with Crippen LogP contribution in [0.1, 0.15) is 36.9 Å². The third kappa shape index (κ3) is 5.65. The first-order valence-corrected chi connectivity index (χ1v) is 13.8. The van der Waals surface area contributed by atoms with Crippen molar-refractivity contribution < 1.29 is 9.90 Å². The Morgan fingerprint density at radius 1 is 1.10 bits per heavy atom. The van der Waals surface area contributed by atoms with Crippen molar-refractivity contribution in [1.29, 1.82) is 0 Å². The van der Waals surface area contributed by atoms with Crippen molar-refractivity contribution in [2.24, 2.45) is 0 Å². The largest absolute Gasteiger partial charge is 0.390 e. The lowest BCUT2D eigenvalue weighted by molar-refractivity contribution is -0.130. The Kier molecular flexibility index (Phi) is 7.26. The summed E-state index contributed by atoms with van der Waals surface area (Å²) in [4.78, 5) is 29.9. The first kappa shape index (κ1) is 25.5. The molecule has 39 heavy (non-hydrogen) atoms. The number of aromatic nitrogens is 4. The fourth-order valence-corrected chi connectivity index (χ4v) is 5.79. The molecule has 0 saturated carbocycles. The van der Waals surface area contributed by atoms with Gasteiger partial charge in [-0.2, -0.15) is 0 Å². The molecule has 0 radical (unpaired) electrons. The van der Waals surface area contributed by atoms with Crippen molar-refractivity contribution >= 4 is 22.8 Å². The van der Waals surface area contributed by atoms with E-state index in [4.69, 9.17) is 4.98 Å². The molecule has 2 aliphatic rings. The number of hydrogen-bond donors (Lipinski definition) is 2. The molecule has 6 rings (SSSR count). The lowest BCUT2D eigenvalue weighted by atomic mass is 10.00. The third-order valence-electron chi connectivity index (χ3n) is 7.97. The smallest absolute Gasteiger partial charge is 0.219 e. The molecule has 9 heteroatoms. The van der Waals surface area contributed by atoms with Crippen LogP contribution in [-0.4, -0.2) is 79.2 Å². The third-order valence-corrected chi connectivity index (χ3v) is 7.97. The molecule has 3 aromatic heterocycles. The molecule has 1 aromatic carbocycles. The van der Waals surface area contributed by atoms with Gasteiger partial charge < -0.3 is 19.9 Å². The number of β-amino-alcohol motifs (C(OH)–C–C–N with tert-alkyl or cyclic N) is 1. The van der Waals surface area contributed by atoms with Gasteiger partial charge in [-0.25, -0.2) is 15.0 Å². The van der Waals surface area contributed by atoms with E-state index in [2.05, 4.69) is 61.3 Å². The summed E-state index contributed by atoms with van der Waals surface area (Å²) in [7, 11) is 0. The molecule has 0 aliphatic carbocycles. The number of anilines is 1. The normalized spacial score (nSPS) is 17.2. The van der Waals surface area contributed by atoms with Gasteiger partial charge >= 0.3 is 0 Å². The van der Waals surface area contributed by atoms with Crippen molar-refractivity contribution in [3.05, 3.63) is 72.2 Å². The second-order valence-corrected chi connectivity index (χ2v) is 10.7. The molecular formula is C30H35N7O2. The van der Waals surface area contributed by atoms with Crippen LogP contribution in [0.15, 0.2) is 61.1 Å². The Morgan fingerprint density at radius 3 is 2.74 bits per heavy atom. The highest BCUT2D eigenvalue weighted by atomic mass is 16.3.